The van der Waals surface area contributed by atoms with Gasteiger partial charge in [-0.2, -0.15) is 5.26 Å². The summed E-state index contributed by atoms with van der Waals surface area (Å²) in [5.74, 6) is 0.932. The average molecular weight is 185 g/mol. The SMILES string of the molecule is Cc1oc2ccccc2c1CCC#N. The molecule has 0 saturated heterocycles. The van der Waals surface area contributed by atoms with E-state index >= 15 is 0 Å². The number of rotatable bonds is 2. The van der Waals surface area contributed by atoms with Gasteiger partial charge in [0.05, 0.1) is 6.07 Å². The first-order valence-corrected chi connectivity index (χ1v) is 4.67. The molecule has 0 N–H and O–H groups in total. The predicted molar refractivity (Wildman–Crippen MR) is 54.9 cm³/mol. The quantitative estimate of drug-likeness (QED) is 0.720. The number of furan rings is 1. The summed E-state index contributed by atoms with van der Waals surface area (Å²) >= 11 is 0. The maximum atomic E-state index is 8.55. The summed E-state index contributed by atoms with van der Waals surface area (Å²) in [6, 6.07) is 10.1. The van der Waals surface area contributed by atoms with Crippen molar-refractivity contribution in [3.8, 4) is 6.07 Å². The van der Waals surface area contributed by atoms with Crippen LogP contribution < -0.4 is 0 Å². The zero-order valence-electron chi connectivity index (χ0n) is 8.08. The molecule has 1 aromatic carbocycles. The Bertz CT molecular complexity index is 490. The minimum Gasteiger partial charge on any atom is -0.461 e. The van der Waals surface area contributed by atoms with Crippen LogP contribution in [0.1, 0.15) is 17.7 Å². The van der Waals surface area contributed by atoms with Crippen molar-refractivity contribution in [2.45, 2.75) is 19.8 Å². The van der Waals surface area contributed by atoms with Crippen LogP contribution in [0.2, 0.25) is 0 Å². The van der Waals surface area contributed by atoms with E-state index in [4.69, 9.17) is 9.68 Å². The van der Waals surface area contributed by atoms with E-state index in [1.54, 1.807) is 0 Å². The van der Waals surface area contributed by atoms with Crippen LogP contribution in [0.4, 0.5) is 0 Å². The van der Waals surface area contributed by atoms with Gasteiger partial charge in [0.25, 0.3) is 0 Å². The smallest absolute Gasteiger partial charge is 0.134 e. The van der Waals surface area contributed by atoms with Crippen LogP contribution in [0.15, 0.2) is 28.7 Å². The minimum atomic E-state index is 0.546. The third-order valence-corrected chi connectivity index (χ3v) is 2.39. The molecule has 0 atom stereocenters. The first-order chi connectivity index (χ1) is 6.83. The Morgan fingerprint density at radius 1 is 1.36 bits per heavy atom. The summed E-state index contributed by atoms with van der Waals surface area (Å²) in [5.41, 5.74) is 2.08. The Morgan fingerprint density at radius 3 is 2.93 bits per heavy atom. The Morgan fingerprint density at radius 2 is 2.14 bits per heavy atom. The highest BCUT2D eigenvalue weighted by molar-refractivity contribution is 5.82. The molecule has 0 spiro atoms. The summed E-state index contributed by atoms with van der Waals surface area (Å²) in [6.45, 7) is 1.95. The highest BCUT2D eigenvalue weighted by Gasteiger charge is 2.08. The summed E-state index contributed by atoms with van der Waals surface area (Å²) in [6.07, 6.45) is 1.32. The molecule has 1 aromatic heterocycles. The molecule has 0 unspecified atom stereocenters. The predicted octanol–water partition coefficient (Wildman–Crippen LogP) is 3.20. The Labute approximate surface area is 82.8 Å². The first kappa shape index (κ1) is 8.83. The molecule has 0 aliphatic rings. The number of nitriles is 1. The van der Waals surface area contributed by atoms with Gasteiger partial charge in [0.1, 0.15) is 11.3 Å². The molecule has 70 valence electrons. The number of hydrogen-bond acceptors (Lipinski definition) is 2. The second kappa shape index (κ2) is 3.55. The van der Waals surface area contributed by atoms with Gasteiger partial charge >= 0.3 is 0 Å². The van der Waals surface area contributed by atoms with Crippen LogP contribution in [0.3, 0.4) is 0 Å². The molecular weight excluding hydrogens is 174 g/mol. The monoisotopic (exact) mass is 185 g/mol. The van der Waals surface area contributed by atoms with Crippen LogP contribution >= 0.6 is 0 Å². The lowest BCUT2D eigenvalue weighted by molar-refractivity contribution is 0.572. The summed E-state index contributed by atoms with van der Waals surface area (Å²) in [4.78, 5) is 0. The molecule has 1 heterocycles. The van der Waals surface area contributed by atoms with Gasteiger partial charge in [0.2, 0.25) is 0 Å². The summed E-state index contributed by atoms with van der Waals surface area (Å²) in [5, 5.41) is 9.69. The maximum absolute atomic E-state index is 8.55. The third kappa shape index (κ3) is 1.38. The van der Waals surface area contributed by atoms with Gasteiger partial charge in [-0.05, 0) is 19.4 Å². The molecule has 0 fully saturated rings. The number of para-hydroxylation sites is 1. The molecule has 2 heteroatoms. The standard InChI is InChI=1S/C12H11NO/c1-9-10(6-4-8-13)11-5-2-3-7-12(11)14-9/h2-3,5,7H,4,6H2,1H3. The fourth-order valence-electron chi connectivity index (χ4n) is 1.71. The van der Waals surface area contributed by atoms with E-state index in [1.807, 2.05) is 31.2 Å². The van der Waals surface area contributed by atoms with Crippen molar-refractivity contribution >= 4 is 11.0 Å². The van der Waals surface area contributed by atoms with Gasteiger partial charge in [0.15, 0.2) is 0 Å². The number of fused-ring (bicyclic) bond motifs is 1. The first-order valence-electron chi connectivity index (χ1n) is 4.67. The number of nitrogens with zero attached hydrogens (tertiary/aromatic N) is 1. The lowest BCUT2D eigenvalue weighted by atomic mass is 10.1. The molecule has 0 aliphatic heterocycles. The van der Waals surface area contributed by atoms with Gasteiger partial charge in [-0.15, -0.1) is 0 Å². The van der Waals surface area contributed by atoms with E-state index < -0.39 is 0 Å². The Kier molecular flexibility index (Phi) is 2.24. The molecule has 0 aliphatic carbocycles. The molecule has 2 rings (SSSR count). The van der Waals surface area contributed by atoms with E-state index in [-0.39, 0.29) is 0 Å². The lowest BCUT2D eigenvalue weighted by Gasteiger charge is -1.93. The van der Waals surface area contributed by atoms with Crippen LogP contribution in [-0.2, 0) is 6.42 Å². The second-order valence-corrected chi connectivity index (χ2v) is 3.29. The van der Waals surface area contributed by atoms with Crippen LogP contribution in [-0.4, -0.2) is 0 Å². The maximum Gasteiger partial charge on any atom is 0.134 e. The lowest BCUT2D eigenvalue weighted by Crippen LogP contribution is -1.83. The van der Waals surface area contributed by atoms with E-state index in [9.17, 15) is 0 Å². The van der Waals surface area contributed by atoms with Gasteiger partial charge in [0, 0.05) is 17.4 Å². The van der Waals surface area contributed by atoms with E-state index in [0.717, 1.165) is 23.2 Å². The van der Waals surface area contributed by atoms with Crippen molar-refractivity contribution in [2.75, 3.05) is 0 Å². The van der Waals surface area contributed by atoms with Gasteiger partial charge in [-0.3, -0.25) is 0 Å². The van der Waals surface area contributed by atoms with Crippen molar-refractivity contribution in [1.82, 2.24) is 0 Å². The van der Waals surface area contributed by atoms with Crippen molar-refractivity contribution < 1.29 is 4.42 Å². The zero-order chi connectivity index (χ0) is 9.97. The fourth-order valence-corrected chi connectivity index (χ4v) is 1.71. The van der Waals surface area contributed by atoms with Gasteiger partial charge in [-0.25, -0.2) is 0 Å². The Hall–Kier alpha value is -1.75. The van der Waals surface area contributed by atoms with Crippen molar-refractivity contribution in [3.63, 3.8) is 0 Å². The average Bonchev–Trinajstić information content (AvgIpc) is 2.51. The van der Waals surface area contributed by atoms with Gasteiger partial charge in [-0.1, -0.05) is 18.2 Å². The highest BCUT2D eigenvalue weighted by atomic mass is 16.3. The topological polar surface area (TPSA) is 36.9 Å². The molecule has 2 nitrogen and oxygen atoms in total. The minimum absolute atomic E-state index is 0.546. The molecular formula is C12H11NO. The number of aryl methyl sites for hydroxylation is 2. The van der Waals surface area contributed by atoms with E-state index in [1.165, 1.54) is 5.56 Å². The largest absolute Gasteiger partial charge is 0.461 e. The fraction of sp³-hybridized carbons (Fsp3) is 0.250. The van der Waals surface area contributed by atoms with Crippen LogP contribution in [0, 0.1) is 18.3 Å². The Balaban J connectivity index is 2.52. The molecule has 2 aromatic rings. The normalized spacial score (nSPS) is 10.3. The molecule has 0 radical (unpaired) electrons. The van der Waals surface area contributed by atoms with Gasteiger partial charge < -0.3 is 4.42 Å². The molecule has 0 amide bonds. The zero-order valence-corrected chi connectivity index (χ0v) is 8.08. The summed E-state index contributed by atoms with van der Waals surface area (Å²) in [7, 11) is 0. The van der Waals surface area contributed by atoms with Crippen LogP contribution in [0.25, 0.3) is 11.0 Å². The molecule has 0 bridgehead atoms. The number of benzene rings is 1. The van der Waals surface area contributed by atoms with Crippen molar-refractivity contribution in [2.24, 2.45) is 0 Å². The van der Waals surface area contributed by atoms with E-state index in [2.05, 4.69) is 6.07 Å². The van der Waals surface area contributed by atoms with E-state index in [0.29, 0.717) is 6.42 Å². The van der Waals surface area contributed by atoms with Crippen LogP contribution in [0.5, 0.6) is 0 Å². The highest BCUT2D eigenvalue weighted by Crippen LogP contribution is 2.25. The third-order valence-electron chi connectivity index (χ3n) is 2.39. The molecule has 14 heavy (non-hydrogen) atoms. The van der Waals surface area contributed by atoms with Crippen molar-refractivity contribution in [1.29, 1.82) is 5.26 Å². The van der Waals surface area contributed by atoms with Crippen molar-refractivity contribution in [3.05, 3.63) is 35.6 Å². The molecule has 0 saturated carbocycles. The second-order valence-electron chi connectivity index (χ2n) is 3.29. The summed E-state index contributed by atoms with van der Waals surface area (Å²) < 4.78 is 5.59. The number of hydrogen-bond donors (Lipinski definition) is 0.